The second-order valence-corrected chi connectivity index (χ2v) is 6.80. The van der Waals surface area contributed by atoms with E-state index in [1.54, 1.807) is 6.20 Å². The van der Waals surface area contributed by atoms with Gasteiger partial charge in [0, 0.05) is 51.9 Å². The molecule has 1 aliphatic heterocycles. The highest BCUT2D eigenvalue weighted by Gasteiger charge is 2.25. The van der Waals surface area contributed by atoms with E-state index in [0.717, 1.165) is 35.5 Å². The van der Waals surface area contributed by atoms with Crippen LogP contribution in [0.4, 0.5) is 11.6 Å². The second-order valence-electron chi connectivity index (χ2n) is 6.80. The van der Waals surface area contributed by atoms with Gasteiger partial charge in [-0.15, -0.1) is 10.2 Å². The zero-order valence-electron chi connectivity index (χ0n) is 15.5. The van der Waals surface area contributed by atoms with Crippen LogP contribution in [0.5, 0.6) is 0 Å². The lowest BCUT2D eigenvalue weighted by Crippen LogP contribution is -2.49. The molecule has 0 atom stereocenters. The maximum absolute atomic E-state index is 13.0. The third-order valence-corrected chi connectivity index (χ3v) is 4.86. The van der Waals surface area contributed by atoms with Crippen LogP contribution in [0, 0.1) is 0 Å². The number of carbonyl (C=O) groups is 1. The summed E-state index contributed by atoms with van der Waals surface area (Å²) in [5.74, 6) is 1.66. The Labute approximate surface area is 158 Å². The van der Waals surface area contributed by atoms with Crippen molar-refractivity contribution < 1.29 is 4.79 Å². The van der Waals surface area contributed by atoms with Crippen LogP contribution in [0.2, 0.25) is 0 Å². The number of fused-ring (bicyclic) bond motifs is 1. The molecule has 1 aliphatic rings. The van der Waals surface area contributed by atoms with Gasteiger partial charge >= 0.3 is 0 Å². The monoisotopic (exact) mass is 362 g/mol. The van der Waals surface area contributed by atoms with Gasteiger partial charge in [-0.25, -0.2) is 0 Å². The van der Waals surface area contributed by atoms with Crippen molar-refractivity contribution in [2.75, 3.05) is 50.1 Å². The Bertz CT molecular complexity index is 943. The van der Waals surface area contributed by atoms with Crippen molar-refractivity contribution in [3.8, 4) is 0 Å². The van der Waals surface area contributed by atoms with Gasteiger partial charge in [-0.1, -0.05) is 24.3 Å². The van der Waals surface area contributed by atoms with Crippen molar-refractivity contribution in [3.05, 3.63) is 54.4 Å². The molecule has 1 aromatic carbocycles. The molecular weight excluding hydrogens is 340 g/mol. The van der Waals surface area contributed by atoms with Crippen LogP contribution >= 0.6 is 0 Å². The lowest BCUT2D eigenvalue weighted by atomic mass is 10.1. The number of hydrogen-bond donors (Lipinski definition) is 0. The van der Waals surface area contributed by atoms with Crippen LogP contribution in [0.15, 0.2) is 48.7 Å². The number of anilines is 2. The average molecular weight is 362 g/mol. The molecule has 0 radical (unpaired) electrons. The third kappa shape index (κ3) is 3.40. The SMILES string of the molecule is CN(C)c1ccc(N2CCN(C(=O)c3nccc4ccccc34)CC2)nn1. The van der Waals surface area contributed by atoms with Gasteiger partial charge in [-0.3, -0.25) is 9.78 Å². The maximum Gasteiger partial charge on any atom is 0.273 e. The number of pyridine rings is 1. The van der Waals surface area contributed by atoms with E-state index in [1.807, 2.05) is 66.4 Å². The van der Waals surface area contributed by atoms with Crippen molar-refractivity contribution >= 4 is 28.3 Å². The van der Waals surface area contributed by atoms with E-state index in [4.69, 9.17) is 0 Å². The highest BCUT2D eigenvalue weighted by atomic mass is 16.2. The van der Waals surface area contributed by atoms with Crippen LogP contribution in [0.1, 0.15) is 10.5 Å². The molecule has 1 fully saturated rings. The molecule has 1 saturated heterocycles. The lowest BCUT2D eigenvalue weighted by molar-refractivity contribution is 0.0743. The van der Waals surface area contributed by atoms with Crippen molar-refractivity contribution in [1.29, 1.82) is 0 Å². The Hall–Kier alpha value is -3.22. The van der Waals surface area contributed by atoms with Gasteiger partial charge in [0.15, 0.2) is 11.6 Å². The fourth-order valence-corrected chi connectivity index (χ4v) is 3.30. The van der Waals surface area contributed by atoms with Crippen LogP contribution in [0.25, 0.3) is 10.8 Å². The molecule has 0 N–H and O–H groups in total. The molecular formula is C20H22N6O. The molecule has 0 spiro atoms. The third-order valence-electron chi connectivity index (χ3n) is 4.86. The summed E-state index contributed by atoms with van der Waals surface area (Å²) in [6.45, 7) is 2.74. The molecule has 0 aliphatic carbocycles. The first kappa shape index (κ1) is 17.2. The van der Waals surface area contributed by atoms with Crippen LogP contribution in [0.3, 0.4) is 0 Å². The van der Waals surface area contributed by atoms with Crippen molar-refractivity contribution in [3.63, 3.8) is 0 Å². The molecule has 2 aromatic heterocycles. The summed E-state index contributed by atoms with van der Waals surface area (Å²) in [6, 6.07) is 13.7. The Morgan fingerprint density at radius 1 is 0.963 bits per heavy atom. The number of amides is 1. The maximum atomic E-state index is 13.0. The molecule has 3 heterocycles. The number of aromatic nitrogens is 3. The molecule has 4 rings (SSSR count). The Morgan fingerprint density at radius 2 is 1.74 bits per heavy atom. The standard InChI is InChI=1S/C20H22N6O/c1-24(2)17-7-8-18(23-22-17)25-11-13-26(14-12-25)20(27)19-16-6-4-3-5-15(16)9-10-21-19/h3-10H,11-14H2,1-2H3. The topological polar surface area (TPSA) is 65.5 Å². The highest BCUT2D eigenvalue weighted by Crippen LogP contribution is 2.20. The van der Waals surface area contributed by atoms with Gasteiger partial charge in [0.2, 0.25) is 0 Å². The predicted molar refractivity (Wildman–Crippen MR) is 106 cm³/mol. The number of nitrogens with zero attached hydrogens (tertiary/aromatic N) is 6. The van der Waals surface area contributed by atoms with Crippen molar-refractivity contribution in [2.24, 2.45) is 0 Å². The minimum atomic E-state index is -0.0134. The van der Waals surface area contributed by atoms with Crippen molar-refractivity contribution in [2.45, 2.75) is 0 Å². The fraction of sp³-hybridized carbons (Fsp3) is 0.300. The second kappa shape index (κ2) is 7.19. The zero-order chi connectivity index (χ0) is 18.8. The summed E-state index contributed by atoms with van der Waals surface area (Å²) in [6.07, 6.45) is 1.70. The molecule has 27 heavy (non-hydrogen) atoms. The minimum absolute atomic E-state index is 0.0134. The average Bonchev–Trinajstić information content (AvgIpc) is 2.73. The predicted octanol–water partition coefficient (Wildman–Crippen LogP) is 2.05. The summed E-state index contributed by atoms with van der Waals surface area (Å²) in [5, 5.41) is 10.5. The van der Waals surface area contributed by atoms with E-state index in [0.29, 0.717) is 18.8 Å². The van der Waals surface area contributed by atoms with E-state index in [1.165, 1.54) is 0 Å². The van der Waals surface area contributed by atoms with Crippen LogP contribution < -0.4 is 9.80 Å². The van der Waals surface area contributed by atoms with Crippen LogP contribution in [-0.4, -0.2) is 66.3 Å². The molecule has 0 bridgehead atoms. The van der Waals surface area contributed by atoms with Gasteiger partial charge in [-0.05, 0) is 23.6 Å². The summed E-state index contributed by atoms with van der Waals surface area (Å²) in [4.78, 5) is 23.3. The Morgan fingerprint density at radius 3 is 2.44 bits per heavy atom. The first-order valence-electron chi connectivity index (χ1n) is 9.02. The van der Waals surface area contributed by atoms with E-state index in [9.17, 15) is 4.79 Å². The molecule has 1 amide bonds. The van der Waals surface area contributed by atoms with Crippen molar-refractivity contribution in [1.82, 2.24) is 20.1 Å². The van der Waals surface area contributed by atoms with E-state index >= 15 is 0 Å². The summed E-state index contributed by atoms with van der Waals surface area (Å²) >= 11 is 0. The molecule has 138 valence electrons. The quantitative estimate of drug-likeness (QED) is 0.711. The van der Waals surface area contributed by atoms with Crippen LogP contribution in [-0.2, 0) is 0 Å². The first-order chi connectivity index (χ1) is 13.1. The molecule has 7 heteroatoms. The highest BCUT2D eigenvalue weighted by molar-refractivity contribution is 6.05. The largest absolute Gasteiger partial charge is 0.361 e. The smallest absolute Gasteiger partial charge is 0.273 e. The zero-order valence-corrected chi connectivity index (χ0v) is 15.5. The first-order valence-corrected chi connectivity index (χ1v) is 9.02. The molecule has 3 aromatic rings. The van der Waals surface area contributed by atoms with E-state index in [-0.39, 0.29) is 5.91 Å². The summed E-state index contributed by atoms with van der Waals surface area (Å²) in [7, 11) is 3.88. The normalized spacial score (nSPS) is 14.4. The number of rotatable bonds is 3. The lowest BCUT2D eigenvalue weighted by Gasteiger charge is -2.35. The molecule has 7 nitrogen and oxygen atoms in total. The summed E-state index contributed by atoms with van der Waals surface area (Å²) < 4.78 is 0. The Kier molecular flexibility index (Phi) is 4.58. The number of hydrogen-bond acceptors (Lipinski definition) is 6. The van der Waals surface area contributed by atoms with Gasteiger partial charge in [0.25, 0.3) is 5.91 Å². The van der Waals surface area contributed by atoms with Gasteiger partial charge in [-0.2, -0.15) is 0 Å². The molecule has 0 saturated carbocycles. The summed E-state index contributed by atoms with van der Waals surface area (Å²) in [5.41, 5.74) is 0.525. The van der Waals surface area contributed by atoms with Gasteiger partial charge in [0.05, 0.1) is 0 Å². The van der Waals surface area contributed by atoms with E-state index in [2.05, 4.69) is 20.1 Å². The van der Waals surface area contributed by atoms with E-state index < -0.39 is 0 Å². The Balaban J connectivity index is 1.46. The number of benzene rings is 1. The van der Waals surface area contributed by atoms with Gasteiger partial charge < -0.3 is 14.7 Å². The van der Waals surface area contributed by atoms with Gasteiger partial charge in [0.1, 0.15) is 5.69 Å². The number of piperazine rings is 1. The molecule has 0 unspecified atom stereocenters. The number of carbonyl (C=O) groups excluding carboxylic acids is 1. The fourth-order valence-electron chi connectivity index (χ4n) is 3.30. The minimum Gasteiger partial charge on any atom is -0.361 e.